The van der Waals surface area contributed by atoms with Crippen LogP contribution in [0.3, 0.4) is 0 Å². The molecule has 0 N–H and O–H groups in total. The van der Waals surface area contributed by atoms with Crippen molar-refractivity contribution in [3.05, 3.63) is 0 Å². The van der Waals surface area contributed by atoms with Crippen LogP contribution in [0, 0.1) is 0 Å². The topological polar surface area (TPSA) is 6.48 Å². The van der Waals surface area contributed by atoms with Crippen molar-refractivity contribution in [2.24, 2.45) is 0 Å². The summed E-state index contributed by atoms with van der Waals surface area (Å²) in [5.74, 6) is 0. The van der Waals surface area contributed by atoms with Gasteiger partial charge in [0, 0.05) is 22.0 Å². The summed E-state index contributed by atoms with van der Waals surface area (Å²) in [7, 11) is 3.12. The van der Waals surface area contributed by atoms with Crippen molar-refractivity contribution in [1.82, 2.24) is 9.34 Å². The zero-order chi connectivity index (χ0) is 7.40. The lowest BCUT2D eigenvalue weighted by molar-refractivity contribution is 0.500. The zero-order valence-electron chi connectivity index (χ0n) is 6.93. The molecule has 1 unspecified atom stereocenters. The normalized spacial score (nSPS) is 21.9. The molecule has 10 heavy (non-hydrogen) atoms. The molecule has 0 aromatic carbocycles. The molecule has 60 valence electrons. The smallest absolute Gasteiger partial charge is 0.0237 e. The summed E-state index contributed by atoms with van der Waals surface area (Å²) in [6.07, 6.45) is 2.81. The summed E-state index contributed by atoms with van der Waals surface area (Å²) in [5.41, 5.74) is 0. The fraction of sp³-hybridized carbons (Fsp3) is 1.00. The molecule has 0 aromatic rings. The Morgan fingerprint density at radius 2 is 2.00 bits per heavy atom. The van der Waals surface area contributed by atoms with E-state index in [0.717, 1.165) is 8.88 Å². The first-order valence-corrected chi connectivity index (χ1v) is 4.94. The van der Waals surface area contributed by atoms with Crippen LogP contribution in [-0.4, -0.2) is 36.0 Å². The first-order chi connectivity index (χ1) is 4.83. The van der Waals surface area contributed by atoms with Crippen molar-refractivity contribution in [1.29, 1.82) is 0 Å². The average molecular weight is 160 g/mol. The lowest BCUT2D eigenvalue weighted by Crippen LogP contribution is -2.16. The van der Waals surface area contributed by atoms with Gasteiger partial charge in [0.15, 0.2) is 0 Å². The Labute approximate surface area is 65.5 Å². The molecule has 0 aromatic heterocycles. The molecule has 0 radical (unpaired) electrons. The van der Waals surface area contributed by atoms with Crippen LogP contribution in [0.25, 0.3) is 0 Å². The number of hydrogen-bond donors (Lipinski definition) is 0. The van der Waals surface area contributed by atoms with Crippen LogP contribution in [0.1, 0.15) is 19.8 Å². The van der Waals surface area contributed by atoms with Crippen LogP contribution < -0.4 is 0 Å². The summed E-state index contributed by atoms with van der Waals surface area (Å²) >= 11 is 0. The molecule has 0 amide bonds. The Bertz CT molecular complexity index is 91.6. The maximum Gasteiger partial charge on any atom is 0.0237 e. The van der Waals surface area contributed by atoms with Gasteiger partial charge in [0.25, 0.3) is 0 Å². The number of hydrogen-bond acceptors (Lipinski definition) is 2. The molecular formula is C7H17N2P. The molecule has 1 heterocycles. The van der Waals surface area contributed by atoms with E-state index in [1.807, 2.05) is 0 Å². The third kappa shape index (κ3) is 2.53. The average Bonchev–Trinajstić information content (AvgIpc) is 2.40. The highest BCUT2D eigenvalue weighted by Crippen LogP contribution is 2.25. The van der Waals surface area contributed by atoms with Crippen molar-refractivity contribution >= 4 is 8.88 Å². The van der Waals surface area contributed by atoms with Crippen LogP contribution in [0.2, 0.25) is 0 Å². The lowest BCUT2D eigenvalue weighted by Gasteiger charge is -2.21. The van der Waals surface area contributed by atoms with E-state index < -0.39 is 0 Å². The molecule has 0 saturated carbocycles. The van der Waals surface area contributed by atoms with Gasteiger partial charge < -0.3 is 0 Å². The van der Waals surface area contributed by atoms with E-state index in [1.165, 1.54) is 32.5 Å². The Kier molecular flexibility index (Phi) is 3.61. The Morgan fingerprint density at radius 1 is 1.40 bits per heavy atom. The molecule has 1 atom stereocenters. The second-order valence-electron chi connectivity index (χ2n) is 2.81. The summed E-state index contributed by atoms with van der Waals surface area (Å²) < 4.78 is 4.93. The predicted octanol–water partition coefficient (Wildman–Crippen LogP) is 1.54. The first kappa shape index (κ1) is 8.45. The fourth-order valence-corrected chi connectivity index (χ4v) is 2.27. The molecular weight excluding hydrogens is 143 g/mol. The highest BCUT2D eigenvalue weighted by atomic mass is 31.1. The molecule has 1 aliphatic heterocycles. The summed E-state index contributed by atoms with van der Waals surface area (Å²) in [6.45, 7) is 6.03. The van der Waals surface area contributed by atoms with E-state index in [9.17, 15) is 0 Å². The maximum atomic E-state index is 2.55. The molecule has 0 spiro atoms. The number of rotatable bonds is 3. The Morgan fingerprint density at radius 3 is 2.50 bits per heavy atom. The summed E-state index contributed by atoms with van der Waals surface area (Å²) in [5, 5.41) is 0. The molecule has 1 saturated heterocycles. The van der Waals surface area contributed by atoms with Gasteiger partial charge in [-0.1, -0.05) is 6.92 Å². The molecule has 1 fully saturated rings. The Balaban J connectivity index is 2.11. The predicted molar refractivity (Wildman–Crippen MR) is 47.4 cm³/mol. The second-order valence-corrected chi connectivity index (χ2v) is 4.40. The fourth-order valence-electron chi connectivity index (χ4n) is 1.13. The first-order valence-electron chi connectivity index (χ1n) is 4.05. The quantitative estimate of drug-likeness (QED) is 0.578. The van der Waals surface area contributed by atoms with Gasteiger partial charge in [-0.15, -0.1) is 0 Å². The standard InChI is InChI=1S/C7H17N2P/c1-3-8(2)10-9-6-4-5-7-9/h10H,3-7H2,1-2H3. The highest BCUT2D eigenvalue weighted by Gasteiger charge is 2.11. The molecule has 1 aliphatic rings. The van der Waals surface area contributed by atoms with Crippen molar-refractivity contribution in [3.63, 3.8) is 0 Å². The van der Waals surface area contributed by atoms with Gasteiger partial charge in [0.05, 0.1) is 0 Å². The minimum Gasteiger partial charge on any atom is -0.276 e. The van der Waals surface area contributed by atoms with Gasteiger partial charge in [0.2, 0.25) is 0 Å². The van der Waals surface area contributed by atoms with E-state index in [0.29, 0.717) is 0 Å². The Hall–Kier alpha value is 0.350. The van der Waals surface area contributed by atoms with Crippen LogP contribution in [0.15, 0.2) is 0 Å². The van der Waals surface area contributed by atoms with Gasteiger partial charge in [-0.05, 0) is 26.4 Å². The van der Waals surface area contributed by atoms with Gasteiger partial charge >= 0.3 is 0 Å². The van der Waals surface area contributed by atoms with E-state index in [2.05, 4.69) is 23.3 Å². The zero-order valence-corrected chi connectivity index (χ0v) is 7.93. The summed E-state index contributed by atoms with van der Waals surface area (Å²) in [4.78, 5) is 0. The largest absolute Gasteiger partial charge is 0.276 e. The van der Waals surface area contributed by atoms with E-state index in [-0.39, 0.29) is 0 Å². The van der Waals surface area contributed by atoms with Crippen molar-refractivity contribution < 1.29 is 0 Å². The second kappa shape index (κ2) is 4.27. The van der Waals surface area contributed by atoms with Gasteiger partial charge in [-0.2, -0.15) is 0 Å². The third-order valence-electron chi connectivity index (χ3n) is 1.89. The molecule has 1 rings (SSSR count). The van der Waals surface area contributed by atoms with Crippen LogP contribution in [-0.2, 0) is 0 Å². The molecule has 3 heteroatoms. The lowest BCUT2D eigenvalue weighted by atomic mass is 10.4. The van der Waals surface area contributed by atoms with Crippen LogP contribution >= 0.6 is 8.88 Å². The van der Waals surface area contributed by atoms with Crippen molar-refractivity contribution in [2.75, 3.05) is 26.7 Å². The minimum atomic E-state index is 0.926. The monoisotopic (exact) mass is 160 g/mol. The highest BCUT2D eigenvalue weighted by molar-refractivity contribution is 7.32. The minimum absolute atomic E-state index is 0.926. The van der Waals surface area contributed by atoms with Crippen LogP contribution in [0.5, 0.6) is 0 Å². The molecule has 0 aliphatic carbocycles. The van der Waals surface area contributed by atoms with Gasteiger partial charge in [0.1, 0.15) is 0 Å². The van der Waals surface area contributed by atoms with E-state index >= 15 is 0 Å². The van der Waals surface area contributed by atoms with Crippen molar-refractivity contribution in [3.8, 4) is 0 Å². The van der Waals surface area contributed by atoms with Gasteiger partial charge in [-0.3, -0.25) is 9.34 Å². The number of nitrogens with zero attached hydrogens (tertiary/aromatic N) is 2. The third-order valence-corrected chi connectivity index (χ3v) is 3.28. The summed E-state index contributed by atoms with van der Waals surface area (Å²) in [6, 6.07) is 0. The van der Waals surface area contributed by atoms with E-state index in [4.69, 9.17) is 0 Å². The SMILES string of the molecule is CCN(C)PN1CCCC1. The van der Waals surface area contributed by atoms with Crippen LogP contribution in [0.4, 0.5) is 0 Å². The van der Waals surface area contributed by atoms with Gasteiger partial charge in [-0.25, -0.2) is 0 Å². The van der Waals surface area contributed by atoms with E-state index in [1.54, 1.807) is 0 Å². The molecule has 0 bridgehead atoms. The van der Waals surface area contributed by atoms with Crippen molar-refractivity contribution in [2.45, 2.75) is 19.8 Å². The maximum absolute atomic E-state index is 2.55. The molecule has 2 nitrogen and oxygen atoms in total.